The molecule has 16 heavy (non-hydrogen) atoms. The third-order valence-corrected chi connectivity index (χ3v) is 3.04. The van der Waals surface area contributed by atoms with Crippen molar-refractivity contribution in [2.24, 2.45) is 0 Å². The Balaban J connectivity index is 2.09. The Hall–Kier alpha value is -1.70. The highest BCUT2D eigenvalue weighted by atomic mass is 32.1. The molecule has 0 radical (unpaired) electrons. The predicted molar refractivity (Wildman–Crippen MR) is 57.4 cm³/mol. The van der Waals surface area contributed by atoms with Crippen LogP contribution in [0.3, 0.4) is 0 Å². The molecule has 0 aliphatic carbocycles. The molecular formula is C8H11N5O2S. The van der Waals surface area contributed by atoms with Crippen LogP contribution in [0.15, 0.2) is 0 Å². The molecule has 0 unspecified atom stereocenters. The lowest BCUT2D eigenvalue weighted by Gasteiger charge is -2.30. The summed E-state index contributed by atoms with van der Waals surface area (Å²) >= 11 is 1.08. The van der Waals surface area contributed by atoms with Crippen molar-refractivity contribution >= 4 is 28.3 Å². The molecule has 0 atom stereocenters. The van der Waals surface area contributed by atoms with E-state index in [2.05, 4.69) is 9.59 Å². The van der Waals surface area contributed by atoms with E-state index in [9.17, 15) is 9.59 Å². The summed E-state index contributed by atoms with van der Waals surface area (Å²) in [6, 6.07) is 0. The van der Waals surface area contributed by atoms with E-state index < -0.39 is 11.8 Å². The minimum absolute atomic E-state index is 0.251. The van der Waals surface area contributed by atoms with Gasteiger partial charge < -0.3 is 15.5 Å². The van der Waals surface area contributed by atoms with Crippen LogP contribution in [0.2, 0.25) is 0 Å². The van der Waals surface area contributed by atoms with Gasteiger partial charge in [0, 0.05) is 31.7 Å². The summed E-state index contributed by atoms with van der Waals surface area (Å²) in [5, 5.41) is 4.30. The fourth-order valence-electron chi connectivity index (χ4n) is 1.43. The molecule has 86 valence electrons. The van der Waals surface area contributed by atoms with E-state index in [0.29, 0.717) is 23.8 Å². The van der Waals surface area contributed by atoms with Gasteiger partial charge in [-0.25, -0.2) is 0 Å². The molecular weight excluding hydrogens is 230 g/mol. The molecule has 0 aromatic carbocycles. The van der Waals surface area contributed by atoms with Gasteiger partial charge in [0.1, 0.15) is 10.7 Å². The maximum atomic E-state index is 11.6. The highest BCUT2D eigenvalue weighted by Gasteiger charge is 2.30. The molecule has 1 aliphatic rings. The standard InChI is InChI=1S/C8H11N5O2S/c1-12-2-3-13(8(15)7(12)14)4-5-6(9)16-11-10-5/h2-4,9H2,1H3. The topological polar surface area (TPSA) is 92.4 Å². The van der Waals surface area contributed by atoms with E-state index in [1.54, 1.807) is 7.05 Å². The van der Waals surface area contributed by atoms with Crippen LogP contribution in [0.4, 0.5) is 5.00 Å². The van der Waals surface area contributed by atoms with Gasteiger partial charge in [0.15, 0.2) is 0 Å². The molecule has 2 rings (SSSR count). The van der Waals surface area contributed by atoms with Crippen molar-refractivity contribution in [2.45, 2.75) is 6.54 Å². The summed E-state index contributed by atoms with van der Waals surface area (Å²) in [6.07, 6.45) is 0. The highest BCUT2D eigenvalue weighted by molar-refractivity contribution is 7.09. The first-order valence-electron chi connectivity index (χ1n) is 4.70. The monoisotopic (exact) mass is 241 g/mol. The number of amides is 2. The molecule has 7 nitrogen and oxygen atoms in total. The van der Waals surface area contributed by atoms with Gasteiger partial charge in [0.2, 0.25) is 0 Å². The molecule has 1 fully saturated rings. The summed E-state index contributed by atoms with van der Waals surface area (Å²) in [5.74, 6) is -1.01. The molecule has 0 spiro atoms. The van der Waals surface area contributed by atoms with Gasteiger partial charge in [0.25, 0.3) is 0 Å². The second kappa shape index (κ2) is 4.05. The summed E-state index contributed by atoms with van der Waals surface area (Å²) in [6.45, 7) is 1.28. The molecule has 1 saturated heterocycles. The number of carbonyl (C=O) groups excluding carboxylic acids is 2. The average molecular weight is 241 g/mol. The predicted octanol–water partition coefficient (Wildman–Crippen LogP) is -1.08. The minimum atomic E-state index is -0.513. The molecule has 2 N–H and O–H groups in total. The number of nitrogen functional groups attached to an aromatic ring is 1. The molecule has 2 heterocycles. The lowest BCUT2D eigenvalue weighted by molar-refractivity contribution is -0.155. The second-order valence-electron chi connectivity index (χ2n) is 3.54. The maximum Gasteiger partial charge on any atom is 0.312 e. The van der Waals surface area contributed by atoms with Crippen LogP contribution in [0.25, 0.3) is 0 Å². The summed E-state index contributed by atoms with van der Waals surface area (Å²) < 4.78 is 3.68. The molecule has 2 amide bonds. The highest BCUT2D eigenvalue weighted by Crippen LogP contribution is 2.16. The molecule has 0 saturated carbocycles. The van der Waals surface area contributed by atoms with Gasteiger partial charge in [-0.15, -0.1) is 5.10 Å². The lowest BCUT2D eigenvalue weighted by Crippen LogP contribution is -2.52. The minimum Gasteiger partial charge on any atom is -0.388 e. The zero-order chi connectivity index (χ0) is 11.7. The summed E-state index contributed by atoms with van der Waals surface area (Å²) in [5.41, 5.74) is 6.18. The molecule has 8 heteroatoms. The molecule has 0 bridgehead atoms. The number of aromatic nitrogens is 2. The smallest absolute Gasteiger partial charge is 0.312 e. The van der Waals surface area contributed by atoms with Crippen LogP contribution >= 0.6 is 11.5 Å². The number of anilines is 1. The van der Waals surface area contributed by atoms with Crippen molar-refractivity contribution in [1.29, 1.82) is 0 Å². The molecule has 1 aromatic heterocycles. The van der Waals surface area contributed by atoms with Crippen LogP contribution in [-0.2, 0) is 16.1 Å². The van der Waals surface area contributed by atoms with Crippen molar-refractivity contribution in [2.75, 3.05) is 25.9 Å². The zero-order valence-corrected chi connectivity index (χ0v) is 9.53. The lowest BCUT2D eigenvalue weighted by atomic mass is 10.3. The zero-order valence-electron chi connectivity index (χ0n) is 8.71. The van der Waals surface area contributed by atoms with Gasteiger partial charge in [0.05, 0.1) is 6.54 Å². The largest absolute Gasteiger partial charge is 0.388 e. The van der Waals surface area contributed by atoms with E-state index in [4.69, 9.17) is 5.73 Å². The number of nitrogens with two attached hydrogens (primary N) is 1. The van der Waals surface area contributed by atoms with Crippen LogP contribution in [-0.4, -0.2) is 51.3 Å². The van der Waals surface area contributed by atoms with Gasteiger partial charge in [-0.05, 0) is 0 Å². The van der Waals surface area contributed by atoms with Crippen molar-refractivity contribution in [3.8, 4) is 0 Å². The Kier molecular flexibility index (Phi) is 2.73. The van der Waals surface area contributed by atoms with Crippen molar-refractivity contribution < 1.29 is 9.59 Å². The fourth-order valence-corrected chi connectivity index (χ4v) is 1.87. The average Bonchev–Trinajstić information content (AvgIpc) is 2.65. The number of hydrogen-bond acceptors (Lipinski definition) is 6. The Morgan fingerprint density at radius 3 is 2.75 bits per heavy atom. The van der Waals surface area contributed by atoms with Crippen LogP contribution < -0.4 is 5.73 Å². The Morgan fingerprint density at radius 2 is 2.12 bits per heavy atom. The number of likely N-dealkylation sites (N-methyl/N-ethyl adjacent to an activating group) is 1. The maximum absolute atomic E-state index is 11.6. The second-order valence-corrected chi connectivity index (χ2v) is 4.32. The van der Waals surface area contributed by atoms with Crippen molar-refractivity contribution in [3.05, 3.63) is 5.69 Å². The third-order valence-electron chi connectivity index (χ3n) is 2.45. The van der Waals surface area contributed by atoms with Crippen LogP contribution in [0.1, 0.15) is 5.69 Å². The molecule has 1 aliphatic heterocycles. The number of piperazine rings is 1. The first-order valence-corrected chi connectivity index (χ1v) is 5.48. The van der Waals surface area contributed by atoms with Gasteiger partial charge >= 0.3 is 11.8 Å². The third kappa shape index (κ3) is 1.83. The van der Waals surface area contributed by atoms with Crippen molar-refractivity contribution in [3.63, 3.8) is 0 Å². The Bertz CT molecular complexity index is 432. The van der Waals surface area contributed by atoms with Crippen molar-refractivity contribution in [1.82, 2.24) is 19.4 Å². The quantitative estimate of drug-likeness (QED) is 0.665. The summed E-state index contributed by atoms with van der Waals surface area (Å²) in [4.78, 5) is 25.9. The van der Waals surface area contributed by atoms with Crippen LogP contribution in [0, 0.1) is 0 Å². The van der Waals surface area contributed by atoms with E-state index in [-0.39, 0.29) is 6.54 Å². The van der Waals surface area contributed by atoms with E-state index >= 15 is 0 Å². The van der Waals surface area contributed by atoms with E-state index in [1.165, 1.54) is 9.80 Å². The molecule has 1 aromatic rings. The first kappa shape index (κ1) is 10.8. The Labute approximate surface area is 96.0 Å². The number of carbonyl (C=O) groups is 2. The summed E-state index contributed by atoms with van der Waals surface area (Å²) in [7, 11) is 1.61. The van der Waals surface area contributed by atoms with Gasteiger partial charge in [-0.2, -0.15) is 0 Å². The first-order chi connectivity index (χ1) is 7.59. The van der Waals surface area contributed by atoms with Gasteiger partial charge in [-0.3, -0.25) is 9.59 Å². The fraction of sp³-hybridized carbons (Fsp3) is 0.500. The number of hydrogen-bond donors (Lipinski definition) is 1. The number of nitrogens with zero attached hydrogens (tertiary/aromatic N) is 4. The SMILES string of the molecule is CN1CCN(Cc2nnsc2N)C(=O)C1=O. The van der Waals surface area contributed by atoms with E-state index in [1.807, 2.05) is 0 Å². The van der Waals surface area contributed by atoms with E-state index in [0.717, 1.165) is 11.5 Å². The normalized spacial score (nSPS) is 17.1. The Morgan fingerprint density at radius 1 is 1.38 bits per heavy atom. The number of rotatable bonds is 2. The van der Waals surface area contributed by atoms with Crippen LogP contribution in [0.5, 0.6) is 0 Å². The van der Waals surface area contributed by atoms with Gasteiger partial charge in [-0.1, -0.05) is 4.49 Å².